The number of amides is 1. The molecule has 0 bridgehead atoms. The van der Waals surface area contributed by atoms with Crippen LogP contribution in [0, 0.1) is 0 Å². The summed E-state index contributed by atoms with van der Waals surface area (Å²) in [5.74, 6) is -0.586. The lowest BCUT2D eigenvalue weighted by atomic mass is 9.94. The minimum absolute atomic E-state index is 0.113. The lowest BCUT2D eigenvalue weighted by Crippen LogP contribution is -2.40. The molecule has 1 fully saturated rings. The van der Waals surface area contributed by atoms with E-state index in [0.29, 0.717) is 28.6 Å². The zero-order valence-electron chi connectivity index (χ0n) is 16.8. The van der Waals surface area contributed by atoms with Gasteiger partial charge in [-0.3, -0.25) is 14.5 Å². The average molecular weight is 418 g/mol. The van der Waals surface area contributed by atoms with Crippen LogP contribution in [-0.4, -0.2) is 47.4 Å². The number of nitrogens with zero attached hydrogens (tertiary/aromatic N) is 2. The van der Waals surface area contributed by atoms with Gasteiger partial charge in [-0.15, -0.1) is 0 Å². The van der Waals surface area contributed by atoms with Crippen molar-refractivity contribution in [1.82, 2.24) is 4.90 Å². The van der Waals surface area contributed by atoms with E-state index in [9.17, 15) is 14.4 Å². The third kappa shape index (κ3) is 3.74. The first-order valence-corrected chi connectivity index (χ1v) is 9.94. The summed E-state index contributed by atoms with van der Waals surface area (Å²) >= 11 is 1.39. The maximum Gasteiger partial charge on any atom is 0.338 e. The molecule has 2 heterocycles. The van der Waals surface area contributed by atoms with Gasteiger partial charge in [-0.25, -0.2) is 9.79 Å². The van der Waals surface area contributed by atoms with Gasteiger partial charge in [0.2, 0.25) is 5.91 Å². The number of carbonyl (C=O) groups is 3. The molecule has 0 radical (unpaired) electrons. The Hall–Kier alpha value is -2.81. The Bertz CT molecular complexity index is 939. The van der Waals surface area contributed by atoms with Gasteiger partial charge in [0.05, 0.1) is 36.8 Å². The normalized spacial score (nSPS) is 20.9. The van der Waals surface area contributed by atoms with Crippen molar-refractivity contribution in [3.63, 3.8) is 0 Å². The van der Waals surface area contributed by atoms with E-state index in [1.807, 2.05) is 6.92 Å². The second-order valence-corrected chi connectivity index (χ2v) is 7.68. The number of esters is 2. The highest BCUT2D eigenvalue weighted by Crippen LogP contribution is 2.45. The van der Waals surface area contributed by atoms with E-state index in [4.69, 9.17) is 14.2 Å². The highest BCUT2D eigenvalue weighted by atomic mass is 32.2. The molecule has 1 aromatic carbocycles. The summed E-state index contributed by atoms with van der Waals surface area (Å²) in [5, 5.41) is 0.295. The molecule has 2 atom stereocenters. The Morgan fingerprint density at radius 3 is 2.55 bits per heavy atom. The summed E-state index contributed by atoms with van der Waals surface area (Å²) in [7, 11) is 2.74. The van der Waals surface area contributed by atoms with Gasteiger partial charge in [0.15, 0.2) is 16.7 Å². The molecular weight excluding hydrogens is 396 g/mol. The minimum atomic E-state index is -0.716. The van der Waals surface area contributed by atoms with Crippen LogP contribution in [0.5, 0.6) is 11.5 Å². The van der Waals surface area contributed by atoms with Gasteiger partial charge in [-0.1, -0.05) is 24.8 Å². The Morgan fingerprint density at radius 2 is 1.97 bits per heavy atom. The Morgan fingerprint density at radius 1 is 1.24 bits per heavy atom. The van der Waals surface area contributed by atoms with Crippen LogP contribution in [-0.2, 0) is 19.1 Å². The number of ether oxygens (including phenoxy) is 3. The number of fused-ring (bicyclic) bond motifs is 1. The number of aliphatic imine (C=N–C) groups is 1. The number of rotatable bonds is 5. The van der Waals surface area contributed by atoms with Crippen LogP contribution in [0.25, 0.3) is 0 Å². The maximum absolute atomic E-state index is 13.0. The molecular formula is C20H22N2O6S. The monoisotopic (exact) mass is 418 g/mol. The third-order valence-corrected chi connectivity index (χ3v) is 6.00. The SMILES string of the molecule is CC[C@H]1SC2=NC(C)=C(C(=O)OC)[C@H](c3ccc(OC(C)=O)c(OC)c3)N2C1=O. The van der Waals surface area contributed by atoms with Crippen LogP contribution in [0.2, 0.25) is 0 Å². The molecule has 9 heteroatoms. The standard InChI is InChI=1S/C20H22N2O6S/c1-6-15-18(24)22-17(16(19(25)27-5)10(2)21-20(22)29-15)12-7-8-13(28-11(3)23)14(9-12)26-4/h7-9,15,17H,6H2,1-5H3/t15-,17+/m1/s1. The second-order valence-electron chi connectivity index (χ2n) is 6.51. The fraction of sp³-hybridized carbons (Fsp3) is 0.400. The molecule has 29 heavy (non-hydrogen) atoms. The van der Waals surface area contributed by atoms with Gasteiger partial charge < -0.3 is 14.2 Å². The van der Waals surface area contributed by atoms with E-state index in [1.165, 1.54) is 32.9 Å². The number of benzene rings is 1. The summed E-state index contributed by atoms with van der Waals surface area (Å²) in [6.45, 7) is 4.95. The van der Waals surface area contributed by atoms with Gasteiger partial charge in [0.25, 0.3) is 0 Å². The van der Waals surface area contributed by atoms with Crippen molar-refractivity contribution in [3.05, 3.63) is 35.0 Å². The first-order valence-electron chi connectivity index (χ1n) is 9.06. The predicted octanol–water partition coefficient (Wildman–Crippen LogP) is 2.83. The van der Waals surface area contributed by atoms with E-state index in [1.54, 1.807) is 30.0 Å². The van der Waals surface area contributed by atoms with Crippen molar-refractivity contribution in [2.45, 2.75) is 38.5 Å². The van der Waals surface area contributed by atoms with Crippen molar-refractivity contribution >= 4 is 34.8 Å². The van der Waals surface area contributed by atoms with Crippen LogP contribution in [0.15, 0.2) is 34.5 Å². The summed E-state index contributed by atoms with van der Waals surface area (Å²) in [4.78, 5) is 43.0. The molecule has 8 nitrogen and oxygen atoms in total. The molecule has 0 unspecified atom stereocenters. The number of hydrogen-bond donors (Lipinski definition) is 0. The molecule has 1 saturated heterocycles. The van der Waals surface area contributed by atoms with Gasteiger partial charge in [0.1, 0.15) is 0 Å². The molecule has 2 aliphatic heterocycles. The second kappa shape index (κ2) is 8.28. The van der Waals surface area contributed by atoms with Gasteiger partial charge in [-0.05, 0) is 31.0 Å². The highest BCUT2D eigenvalue weighted by Gasteiger charge is 2.47. The molecule has 0 spiro atoms. The van der Waals surface area contributed by atoms with Crippen molar-refractivity contribution in [1.29, 1.82) is 0 Å². The molecule has 1 aromatic rings. The fourth-order valence-electron chi connectivity index (χ4n) is 3.37. The largest absolute Gasteiger partial charge is 0.493 e. The quantitative estimate of drug-likeness (QED) is 0.536. The van der Waals surface area contributed by atoms with Crippen LogP contribution < -0.4 is 9.47 Å². The maximum atomic E-state index is 13.0. The summed E-state index contributed by atoms with van der Waals surface area (Å²) in [6, 6.07) is 4.21. The zero-order valence-corrected chi connectivity index (χ0v) is 17.7. The highest BCUT2D eigenvalue weighted by molar-refractivity contribution is 8.15. The van der Waals surface area contributed by atoms with Gasteiger partial charge in [0, 0.05) is 6.92 Å². The van der Waals surface area contributed by atoms with Crippen LogP contribution in [0.1, 0.15) is 38.8 Å². The van der Waals surface area contributed by atoms with E-state index in [0.717, 1.165) is 0 Å². The Kier molecular flexibility index (Phi) is 5.97. The van der Waals surface area contributed by atoms with Gasteiger partial charge in [-0.2, -0.15) is 0 Å². The lowest BCUT2D eigenvalue weighted by molar-refractivity contribution is -0.137. The first kappa shape index (κ1) is 20.9. The summed E-state index contributed by atoms with van der Waals surface area (Å²) < 4.78 is 15.5. The first-order chi connectivity index (χ1) is 13.8. The average Bonchev–Trinajstić information content (AvgIpc) is 3.01. The number of amidine groups is 1. The molecule has 0 saturated carbocycles. The molecule has 2 aliphatic rings. The number of hydrogen-bond acceptors (Lipinski definition) is 8. The van der Waals surface area contributed by atoms with E-state index >= 15 is 0 Å². The topological polar surface area (TPSA) is 94.5 Å². The van der Waals surface area contributed by atoms with Crippen molar-refractivity contribution in [2.24, 2.45) is 4.99 Å². The van der Waals surface area contributed by atoms with E-state index < -0.39 is 18.0 Å². The number of allylic oxidation sites excluding steroid dienone is 1. The van der Waals surface area contributed by atoms with E-state index in [2.05, 4.69) is 4.99 Å². The fourth-order valence-corrected chi connectivity index (χ4v) is 4.50. The minimum Gasteiger partial charge on any atom is -0.493 e. The number of carbonyl (C=O) groups excluding carboxylic acids is 3. The van der Waals surface area contributed by atoms with Gasteiger partial charge >= 0.3 is 11.9 Å². The van der Waals surface area contributed by atoms with Crippen molar-refractivity contribution in [3.8, 4) is 11.5 Å². The predicted molar refractivity (Wildman–Crippen MR) is 108 cm³/mol. The molecule has 3 rings (SSSR count). The number of methoxy groups -OCH3 is 2. The molecule has 154 valence electrons. The lowest BCUT2D eigenvalue weighted by Gasteiger charge is -2.33. The smallest absolute Gasteiger partial charge is 0.338 e. The van der Waals surface area contributed by atoms with Crippen molar-refractivity contribution in [2.75, 3.05) is 14.2 Å². The molecule has 0 N–H and O–H groups in total. The van der Waals surface area contributed by atoms with Crippen LogP contribution >= 0.6 is 11.8 Å². The summed E-state index contributed by atoms with van der Waals surface area (Å²) in [5.41, 5.74) is 1.40. The molecule has 0 aromatic heterocycles. The molecule has 0 aliphatic carbocycles. The zero-order chi connectivity index (χ0) is 21.3. The van der Waals surface area contributed by atoms with Crippen LogP contribution in [0.4, 0.5) is 0 Å². The Labute approximate surface area is 172 Å². The van der Waals surface area contributed by atoms with Crippen molar-refractivity contribution < 1.29 is 28.6 Å². The molecule has 1 amide bonds. The number of thioether (sulfide) groups is 1. The third-order valence-electron chi connectivity index (χ3n) is 4.68. The Balaban J connectivity index is 2.15. The van der Waals surface area contributed by atoms with Crippen LogP contribution in [0.3, 0.4) is 0 Å². The summed E-state index contributed by atoms with van der Waals surface area (Å²) in [6.07, 6.45) is 0.646. The van der Waals surface area contributed by atoms with E-state index in [-0.39, 0.29) is 22.5 Å².